The predicted octanol–water partition coefficient (Wildman–Crippen LogP) is 2.51. The van der Waals surface area contributed by atoms with E-state index in [1.54, 1.807) is 0 Å². The van der Waals surface area contributed by atoms with E-state index in [2.05, 4.69) is 20.8 Å². The van der Waals surface area contributed by atoms with Crippen molar-refractivity contribution in [2.75, 3.05) is 0 Å². The highest BCUT2D eigenvalue weighted by Gasteiger charge is 2.37. The van der Waals surface area contributed by atoms with Gasteiger partial charge in [-0.1, -0.05) is 0 Å². The minimum atomic E-state index is -0.107. The highest BCUT2D eigenvalue weighted by molar-refractivity contribution is 4.86. The van der Waals surface area contributed by atoms with E-state index in [4.69, 9.17) is 9.47 Å². The van der Waals surface area contributed by atoms with Gasteiger partial charge in [0.15, 0.2) is 0 Å². The fourth-order valence-corrected chi connectivity index (χ4v) is 1.37. The van der Waals surface area contributed by atoms with E-state index in [1.165, 1.54) is 25.7 Å². The Kier molecular flexibility index (Phi) is 2.37. The zero-order valence-electron chi connectivity index (χ0n) is 8.88. The predicted molar refractivity (Wildman–Crippen MR) is 51.8 cm³/mol. The third-order valence-electron chi connectivity index (χ3n) is 2.89. The first-order valence-corrected chi connectivity index (χ1v) is 5.41. The Morgan fingerprint density at radius 1 is 1.08 bits per heavy atom. The van der Waals surface area contributed by atoms with Crippen molar-refractivity contribution in [3.8, 4) is 0 Å². The molecule has 0 N–H and O–H groups in total. The van der Waals surface area contributed by atoms with Gasteiger partial charge in [-0.3, -0.25) is 0 Å². The molecule has 2 fully saturated rings. The van der Waals surface area contributed by atoms with Crippen LogP contribution in [0.2, 0.25) is 0 Å². The summed E-state index contributed by atoms with van der Waals surface area (Å²) < 4.78 is 11.7. The summed E-state index contributed by atoms with van der Waals surface area (Å²) in [5.74, 6) is 0. The van der Waals surface area contributed by atoms with Gasteiger partial charge in [-0.25, -0.2) is 0 Å². The summed E-state index contributed by atoms with van der Waals surface area (Å²) >= 11 is 0. The van der Waals surface area contributed by atoms with Crippen LogP contribution in [0, 0.1) is 0 Å². The Morgan fingerprint density at radius 3 is 2.08 bits per heavy atom. The van der Waals surface area contributed by atoms with Crippen molar-refractivity contribution in [1.29, 1.82) is 0 Å². The molecule has 76 valence electrons. The summed E-state index contributed by atoms with van der Waals surface area (Å²) in [4.78, 5) is 0. The maximum atomic E-state index is 5.91. The second-order valence-electron chi connectivity index (χ2n) is 4.90. The third-order valence-corrected chi connectivity index (χ3v) is 2.89. The molecule has 0 bridgehead atoms. The minimum Gasteiger partial charge on any atom is -0.372 e. The van der Waals surface area contributed by atoms with Crippen molar-refractivity contribution in [3.05, 3.63) is 0 Å². The minimum absolute atomic E-state index is 0.107. The molecule has 1 unspecified atom stereocenters. The van der Waals surface area contributed by atoms with Gasteiger partial charge in [0.1, 0.15) is 0 Å². The molecule has 0 radical (unpaired) electrons. The molecule has 2 aliphatic carbocycles. The Hall–Kier alpha value is -0.0800. The molecule has 1 atom stereocenters. The first kappa shape index (κ1) is 9.47. The van der Waals surface area contributed by atoms with Gasteiger partial charge in [0.2, 0.25) is 0 Å². The Labute approximate surface area is 80.6 Å². The second-order valence-corrected chi connectivity index (χ2v) is 4.90. The molecular formula is C11H20O2. The quantitative estimate of drug-likeness (QED) is 0.653. The normalized spacial score (nSPS) is 26.1. The van der Waals surface area contributed by atoms with Crippen molar-refractivity contribution >= 4 is 0 Å². The highest BCUT2D eigenvalue weighted by atomic mass is 16.6. The Bertz CT molecular complexity index is 181. The molecule has 13 heavy (non-hydrogen) atoms. The van der Waals surface area contributed by atoms with E-state index in [-0.39, 0.29) is 11.7 Å². The maximum absolute atomic E-state index is 5.91. The van der Waals surface area contributed by atoms with Gasteiger partial charge in [-0.2, -0.15) is 0 Å². The van der Waals surface area contributed by atoms with Gasteiger partial charge in [0, 0.05) is 0 Å². The lowest BCUT2D eigenvalue weighted by molar-refractivity contribution is -0.131. The van der Waals surface area contributed by atoms with Crippen LogP contribution in [-0.2, 0) is 9.47 Å². The standard InChI is InChI=1S/C11H20O2/c1-8(12-9-4-5-9)11(2,3)13-10-6-7-10/h8-10H,4-7H2,1-3H3. The third kappa shape index (κ3) is 2.68. The highest BCUT2D eigenvalue weighted by Crippen LogP contribution is 2.34. The Morgan fingerprint density at radius 2 is 1.62 bits per heavy atom. The van der Waals surface area contributed by atoms with Crippen molar-refractivity contribution in [2.24, 2.45) is 0 Å². The molecule has 2 nitrogen and oxygen atoms in total. The van der Waals surface area contributed by atoms with Gasteiger partial charge in [-0.05, 0) is 46.5 Å². The van der Waals surface area contributed by atoms with E-state index in [9.17, 15) is 0 Å². The van der Waals surface area contributed by atoms with Gasteiger partial charge in [0.25, 0.3) is 0 Å². The zero-order chi connectivity index (χ0) is 9.47. The summed E-state index contributed by atoms with van der Waals surface area (Å²) in [6.07, 6.45) is 6.21. The van der Waals surface area contributed by atoms with E-state index < -0.39 is 0 Å². The van der Waals surface area contributed by atoms with Gasteiger partial charge in [0.05, 0.1) is 23.9 Å². The van der Waals surface area contributed by atoms with Crippen molar-refractivity contribution in [3.63, 3.8) is 0 Å². The van der Waals surface area contributed by atoms with Crippen LogP contribution in [0.4, 0.5) is 0 Å². The summed E-state index contributed by atoms with van der Waals surface area (Å²) in [6.45, 7) is 6.40. The lowest BCUT2D eigenvalue weighted by Crippen LogP contribution is -2.40. The van der Waals surface area contributed by atoms with E-state index >= 15 is 0 Å². The fourth-order valence-electron chi connectivity index (χ4n) is 1.37. The summed E-state index contributed by atoms with van der Waals surface area (Å²) in [6, 6.07) is 0. The van der Waals surface area contributed by atoms with Crippen molar-refractivity contribution in [2.45, 2.75) is 70.4 Å². The van der Waals surface area contributed by atoms with Crippen LogP contribution in [0.15, 0.2) is 0 Å². The van der Waals surface area contributed by atoms with Gasteiger partial charge in [-0.15, -0.1) is 0 Å². The number of rotatable bonds is 5. The molecule has 2 saturated carbocycles. The largest absolute Gasteiger partial charge is 0.372 e. The molecule has 2 aliphatic rings. The van der Waals surface area contributed by atoms with Crippen LogP contribution in [0.1, 0.15) is 46.5 Å². The van der Waals surface area contributed by atoms with E-state index in [0.717, 1.165) is 0 Å². The summed E-state index contributed by atoms with van der Waals surface area (Å²) in [5.41, 5.74) is -0.107. The topological polar surface area (TPSA) is 18.5 Å². The SMILES string of the molecule is CC(OC1CC1)C(C)(C)OC1CC1. The molecule has 0 spiro atoms. The molecule has 0 amide bonds. The lowest BCUT2D eigenvalue weighted by atomic mass is 10.0. The lowest BCUT2D eigenvalue weighted by Gasteiger charge is -2.32. The average molecular weight is 184 g/mol. The molecule has 0 aromatic carbocycles. The fraction of sp³-hybridized carbons (Fsp3) is 1.00. The van der Waals surface area contributed by atoms with Crippen molar-refractivity contribution < 1.29 is 9.47 Å². The average Bonchev–Trinajstić information content (AvgIpc) is 2.81. The number of hydrogen-bond donors (Lipinski definition) is 0. The zero-order valence-corrected chi connectivity index (χ0v) is 8.88. The smallest absolute Gasteiger partial charge is 0.0888 e. The summed E-state index contributed by atoms with van der Waals surface area (Å²) in [7, 11) is 0. The van der Waals surface area contributed by atoms with Gasteiger partial charge < -0.3 is 9.47 Å². The second kappa shape index (κ2) is 3.25. The molecule has 0 aromatic rings. The molecule has 0 aliphatic heterocycles. The maximum Gasteiger partial charge on any atom is 0.0888 e. The monoisotopic (exact) mass is 184 g/mol. The first-order valence-electron chi connectivity index (χ1n) is 5.41. The molecule has 2 rings (SSSR count). The molecular weight excluding hydrogens is 164 g/mol. The summed E-state index contributed by atoms with van der Waals surface area (Å²) in [5, 5.41) is 0. The van der Waals surface area contributed by atoms with Crippen molar-refractivity contribution in [1.82, 2.24) is 0 Å². The molecule has 0 heterocycles. The number of hydrogen-bond acceptors (Lipinski definition) is 2. The molecule has 0 saturated heterocycles. The number of ether oxygens (including phenoxy) is 2. The van der Waals surface area contributed by atoms with Crippen LogP contribution in [-0.4, -0.2) is 23.9 Å². The van der Waals surface area contributed by atoms with Crippen LogP contribution < -0.4 is 0 Å². The molecule has 0 aromatic heterocycles. The van der Waals surface area contributed by atoms with Gasteiger partial charge >= 0.3 is 0 Å². The van der Waals surface area contributed by atoms with E-state index in [1.807, 2.05) is 0 Å². The van der Waals surface area contributed by atoms with Crippen LogP contribution in [0.25, 0.3) is 0 Å². The Balaban J connectivity index is 1.79. The van der Waals surface area contributed by atoms with E-state index in [0.29, 0.717) is 12.2 Å². The van der Waals surface area contributed by atoms with Crippen LogP contribution in [0.3, 0.4) is 0 Å². The van der Waals surface area contributed by atoms with Crippen LogP contribution in [0.5, 0.6) is 0 Å². The van der Waals surface area contributed by atoms with Crippen LogP contribution >= 0.6 is 0 Å². The molecule has 2 heteroatoms. The first-order chi connectivity index (χ1) is 6.08.